The number of nitrogens with zero attached hydrogens (tertiary/aromatic N) is 10. The topological polar surface area (TPSA) is 276 Å². The Kier molecular flexibility index (Phi) is 11.5. The molecule has 7 heterocycles. The number of imidazole rings is 2. The van der Waals surface area contributed by atoms with E-state index in [1.54, 1.807) is 45.9 Å². The summed E-state index contributed by atoms with van der Waals surface area (Å²) >= 11 is 0. The van der Waals surface area contributed by atoms with Crippen LogP contribution < -0.4 is 32.6 Å². The number of primary amides is 2. The van der Waals surface area contributed by atoms with Gasteiger partial charge in [0.1, 0.15) is 28.2 Å². The van der Waals surface area contributed by atoms with Crippen molar-refractivity contribution in [1.29, 1.82) is 0 Å². The zero-order valence-corrected chi connectivity index (χ0v) is 34.9. The quantitative estimate of drug-likeness (QED) is 0.0653. The fraction of sp³-hybridized carbons (Fsp3) is 0.390. The molecule has 2 fully saturated rings. The first-order valence-corrected chi connectivity index (χ1v) is 20.5. The Morgan fingerprint density at radius 3 is 2.27 bits per heavy atom. The Hall–Kier alpha value is -7.13. The maximum atomic E-state index is 13.9. The van der Waals surface area contributed by atoms with Crippen LogP contribution in [0.3, 0.4) is 0 Å². The second kappa shape index (κ2) is 17.1. The number of carbonyl (C=O) groups excluding carboxylic acids is 4. The van der Waals surface area contributed by atoms with Crippen molar-refractivity contribution < 1.29 is 28.7 Å². The number of rotatable bonds is 17. The van der Waals surface area contributed by atoms with Crippen LogP contribution in [0.25, 0.3) is 22.2 Å². The summed E-state index contributed by atoms with van der Waals surface area (Å²) in [5.41, 5.74) is 21.6. The zero-order chi connectivity index (χ0) is 43.8. The van der Waals surface area contributed by atoms with Crippen molar-refractivity contribution >= 4 is 63.4 Å². The molecule has 62 heavy (non-hydrogen) atoms. The molecular formula is C41H49N15O6. The van der Waals surface area contributed by atoms with Crippen molar-refractivity contribution in [3.8, 4) is 5.75 Å². The van der Waals surface area contributed by atoms with Gasteiger partial charge in [-0.2, -0.15) is 10.2 Å². The molecule has 5 aromatic heterocycles. The predicted molar refractivity (Wildman–Crippen MR) is 229 cm³/mol. The smallest absolute Gasteiger partial charge is 0.278 e. The van der Waals surface area contributed by atoms with Gasteiger partial charge in [-0.15, -0.1) is 0 Å². The third kappa shape index (κ3) is 8.06. The highest BCUT2D eigenvalue weighted by Gasteiger charge is 2.38. The Morgan fingerprint density at radius 1 is 0.887 bits per heavy atom. The number of likely N-dealkylation sites (tertiary alicyclic amines) is 1. The molecule has 0 aliphatic carbocycles. The van der Waals surface area contributed by atoms with Crippen molar-refractivity contribution in [3.05, 3.63) is 76.5 Å². The summed E-state index contributed by atoms with van der Waals surface area (Å²) in [4.78, 5) is 68.3. The van der Waals surface area contributed by atoms with Crippen LogP contribution in [-0.2, 0) is 30.9 Å². The summed E-state index contributed by atoms with van der Waals surface area (Å²) in [6, 6.07) is 6.75. The minimum absolute atomic E-state index is 0.152. The highest BCUT2D eigenvalue weighted by molar-refractivity contribution is 6.07. The van der Waals surface area contributed by atoms with Crippen molar-refractivity contribution in [2.24, 2.45) is 11.5 Å². The van der Waals surface area contributed by atoms with E-state index in [0.29, 0.717) is 70.8 Å². The molecule has 0 spiro atoms. The van der Waals surface area contributed by atoms with Crippen LogP contribution in [0, 0.1) is 13.8 Å². The van der Waals surface area contributed by atoms with E-state index in [4.69, 9.17) is 31.7 Å². The molecule has 0 saturated carbocycles. The van der Waals surface area contributed by atoms with E-state index < -0.39 is 23.6 Å². The number of carbonyl (C=O) groups is 4. The predicted octanol–water partition coefficient (Wildman–Crippen LogP) is 2.61. The lowest BCUT2D eigenvalue weighted by atomic mass is 10.1. The summed E-state index contributed by atoms with van der Waals surface area (Å²) in [5.74, 6) is -1.61. The number of nitrogen functional groups attached to an aromatic ring is 1. The number of aryl methyl sites for hydroxylation is 4. The molecule has 8 rings (SSSR count). The standard InChI is InChI=1S/C41H49N15O6/c1-5-55-30(14-22(3)50-55)38(59)48-41-47-29-16-25(36(44)58)19-45-37(29)54(41)12-8-7-11-53-33-28(46-40(53)49-39(60)34-32(42)23(4)51-56(34)6-2)15-24(35(43)57)17-31(33)61-13-9-10-52-20-27-18-26(52)21-62-27/h7-8,14-17,19,26-27H,5-6,9-13,18,20-21,42H2,1-4H3,(H2,43,57)(H2,44,58)(H,46,49,60)(H,47,48,59)/b8-7+/t26?,27-/m1/s1. The molecule has 1 unspecified atom stereocenters. The summed E-state index contributed by atoms with van der Waals surface area (Å²) in [6.07, 6.45) is 7.06. The van der Waals surface area contributed by atoms with Crippen LogP contribution in [-0.4, -0.2) is 111 Å². The minimum atomic E-state index is -0.672. The lowest BCUT2D eigenvalue weighted by Gasteiger charge is -2.26. The number of pyridine rings is 1. The second-order valence-electron chi connectivity index (χ2n) is 15.3. The minimum Gasteiger partial charge on any atom is -0.491 e. The molecule has 8 N–H and O–H groups in total. The number of benzene rings is 1. The van der Waals surface area contributed by atoms with E-state index in [2.05, 4.69) is 35.7 Å². The monoisotopic (exact) mass is 847 g/mol. The van der Waals surface area contributed by atoms with E-state index in [0.717, 1.165) is 32.5 Å². The third-order valence-electron chi connectivity index (χ3n) is 11.1. The number of hydrogen-bond donors (Lipinski definition) is 5. The van der Waals surface area contributed by atoms with Gasteiger partial charge in [-0.25, -0.2) is 15.0 Å². The molecule has 2 aliphatic rings. The first kappa shape index (κ1) is 41.6. The molecule has 2 bridgehead atoms. The third-order valence-corrected chi connectivity index (χ3v) is 11.1. The molecule has 6 aromatic rings. The first-order valence-electron chi connectivity index (χ1n) is 20.5. The molecule has 4 amide bonds. The van der Waals surface area contributed by atoms with E-state index in [9.17, 15) is 19.2 Å². The molecule has 324 valence electrons. The van der Waals surface area contributed by atoms with Crippen LogP contribution in [0.4, 0.5) is 17.6 Å². The van der Waals surface area contributed by atoms with Crippen molar-refractivity contribution in [3.63, 3.8) is 0 Å². The Balaban J connectivity index is 1.12. The van der Waals surface area contributed by atoms with Gasteiger partial charge in [-0.1, -0.05) is 12.2 Å². The molecule has 2 saturated heterocycles. The van der Waals surface area contributed by atoms with E-state index in [-0.39, 0.29) is 53.6 Å². The average Bonchev–Trinajstić information content (AvgIpc) is 4.11. The van der Waals surface area contributed by atoms with Gasteiger partial charge in [0.25, 0.3) is 11.8 Å². The van der Waals surface area contributed by atoms with Gasteiger partial charge in [0.05, 0.1) is 47.5 Å². The summed E-state index contributed by atoms with van der Waals surface area (Å²) < 4.78 is 18.7. The number of aromatic nitrogens is 9. The molecule has 1 aromatic carbocycles. The molecule has 21 heteroatoms. The van der Waals surface area contributed by atoms with Gasteiger partial charge < -0.3 is 31.2 Å². The van der Waals surface area contributed by atoms with E-state index in [1.807, 2.05) is 26.0 Å². The Labute approximate surface area is 355 Å². The maximum Gasteiger partial charge on any atom is 0.278 e. The summed E-state index contributed by atoms with van der Waals surface area (Å²) in [5, 5.41) is 14.6. The van der Waals surface area contributed by atoms with Gasteiger partial charge in [0.2, 0.25) is 23.7 Å². The molecule has 2 atom stereocenters. The van der Waals surface area contributed by atoms with Gasteiger partial charge in [0.15, 0.2) is 5.65 Å². The Morgan fingerprint density at radius 2 is 1.58 bits per heavy atom. The molecule has 2 aliphatic heterocycles. The van der Waals surface area contributed by atoms with Crippen LogP contribution in [0.5, 0.6) is 5.75 Å². The van der Waals surface area contributed by atoms with Crippen molar-refractivity contribution in [2.45, 2.75) is 78.9 Å². The van der Waals surface area contributed by atoms with Crippen molar-refractivity contribution in [2.75, 3.05) is 42.7 Å². The number of nitrogens with two attached hydrogens (primary N) is 3. The number of ether oxygens (including phenoxy) is 2. The lowest BCUT2D eigenvalue weighted by Crippen LogP contribution is -2.37. The highest BCUT2D eigenvalue weighted by atomic mass is 16.5. The lowest BCUT2D eigenvalue weighted by molar-refractivity contribution is 0.0289. The fourth-order valence-corrected chi connectivity index (χ4v) is 8.09. The molecular weight excluding hydrogens is 799 g/mol. The average molecular weight is 848 g/mol. The fourth-order valence-electron chi connectivity index (χ4n) is 8.09. The SMILES string of the molecule is CCn1nc(C)cc1C(=O)Nc1nc2cc(C(N)=O)cnc2n1C/C=C/Cn1c(NC(=O)c2c(N)c(C)nn2CC)nc2cc(C(N)=O)cc(OCCCN3C[C@H]4CC3CO4)c21. The van der Waals surface area contributed by atoms with E-state index in [1.165, 1.54) is 16.9 Å². The number of fused-ring (bicyclic) bond motifs is 4. The van der Waals surface area contributed by atoms with Gasteiger partial charge in [-0.05, 0) is 64.8 Å². The summed E-state index contributed by atoms with van der Waals surface area (Å²) in [7, 11) is 0. The summed E-state index contributed by atoms with van der Waals surface area (Å²) in [6.45, 7) is 11.3. The number of amides is 4. The number of hydrogen-bond acceptors (Lipinski definition) is 13. The number of allylic oxidation sites excluding steroid dienone is 2. The molecule has 0 radical (unpaired) electrons. The van der Waals surface area contributed by atoms with Crippen molar-refractivity contribution in [1.82, 2.24) is 48.5 Å². The molecule has 21 nitrogen and oxygen atoms in total. The van der Waals surface area contributed by atoms with Crippen LogP contribution in [0.2, 0.25) is 0 Å². The second-order valence-corrected chi connectivity index (χ2v) is 15.3. The number of nitrogens with one attached hydrogen (secondary N) is 2. The zero-order valence-electron chi connectivity index (χ0n) is 34.9. The highest BCUT2D eigenvalue weighted by Crippen LogP contribution is 2.33. The normalized spacial score (nSPS) is 16.3. The number of morpholine rings is 1. The number of anilines is 3. The van der Waals surface area contributed by atoms with Gasteiger partial charge in [0, 0.05) is 57.1 Å². The maximum absolute atomic E-state index is 13.9. The van der Waals surface area contributed by atoms with Crippen LogP contribution >= 0.6 is 0 Å². The Bertz CT molecular complexity index is 2760. The van der Waals surface area contributed by atoms with E-state index >= 15 is 0 Å². The van der Waals surface area contributed by atoms with Crippen LogP contribution in [0.1, 0.15) is 79.8 Å². The van der Waals surface area contributed by atoms with Gasteiger partial charge in [-0.3, -0.25) is 48.6 Å². The van der Waals surface area contributed by atoms with Gasteiger partial charge >= 0.3 is 0 Å². The first-order chi connectivity index (χ1) is 29.8. The van der Waals surface area contributed by atoms with Crippen LogP contribution in [0.15, 0.2) is 42.6 Å². The largest absolute Gasteiger partial charge is 0.491 e.